The topological polar surface area (TPSA) is 84.6 Å². The van der Waals surface area contributed by atoms with Crippen LogP contribution in [0.1, 0.15) is 11.5 Å². The van der Waals surface area contributed by atoms with Crippen molar-refractivity contribution in [1.82, 2.24) is 4.98 Å². The van der Waals surface area contributed by atoms with Crippen LogP contribution in [0.2, 0.25) is 0 Å². The average molecular weight is 249 g/mol. The summed E-state index contributed by atoms with van der Waals surface area (Å²) in [5.74, 6) is 0.836. The second-order valence-corrected chi connectivity index (χ2v) is 4.35. The normalized spacial score (nSPS) is 11.7. The quantitative estimate of drug-likeness (QED) is 0.377. The van der Waals surface area contributed by atoms with Crippen molar-refractivity contribution >= 4 is 17.6 Å². The fourth-order valence-electron chi connectivity index (χ4n) is 1.26. The second kappa shape index (κ2) is 4.92. The Morgan fingerprint density at radius 3 is 2.94 bits per heavy atom. The van der Waals surface area contributed by atoms with Gasteiger partial charge in [-0.15, -0.1) is 0 Å². The van der Waals surface area contributed by atoms with E-state index >= 15 is 0 Å². The van der Waals surface area contributed by atoms with Gasteiger partial charge in [0.25, 0.3) is 0 Å². The maximum Gasteiger partial charge on any atom is 0.188 e. The predicted molar refractivity (Wildman–Crippen MR) is 64.3 cm³/mol. The monoisotopic (exact) mass is 249 g/mol. The van der Waals surface area contributed by atoms with Gasteiger partial charge in [-0.25, -0.2) is 4.98 Å². The Morgan fingerprint density at radius 2 is 2.29 bits per heavy atom. The van der Waals surface area contributed by atoms with Gasteiger partial charge < -0.3 is 15.4 Å². The minimum atomic E-state index is -0.00337. The lowest BCUT2D eigenvalue weighted by Gasteiger charge is -2.02. The maximum absolute atomic E-state index is 8.58. The number of hydrogen-bond donors (Lipinski definition) is 2. The van der Waals surface area contributed by atoms with E-state index in [2.05, 4.69) is 10.1 Å². The lowest BCUT2D eigenvalue weighted by Crippen LogP contribution is -2.14. The predicted octanol–water partition coefficient (Wildman–Crippen LogP) is 2.23. The highest BCUT2D eigenvalue weighted by molar-refractivity contribution is 7.99. The molecular weight excluding hydrogens is 238 g/mol. The van der Waals surface area contributed by atoms with E-state index in [-0.39, 0.29) is 5.84 Å². The Balaban J connectivity index is 2.26. The Morgan fingerprint density at radius 1 is 1.47 bits per heavy atom. The molecule has 0 aliphatic carbocycles. The van der Waals surface area contributed by atoms with E-state index in [0.717, 1.165) is 15.7 Å². The third-order valence-corrected chi connectivity index (χ3v) is 3.20. The standard InChI is InChI=1S/C11H11N3O2S/c1-7-9(5-6-16-7)17-10-4-2-3-8(13-10)11(12)14-15/h2-6,15H,1H3,(H2,12,14). The molecule has 0 amide bonds. The molecule has 2 aromatic heterocycles. The third kappa shape index (κ3) is 2.59. The van der Waals surface area contributed by atoms with Crippen LogP contribution in [0.5, 0.6) is 0 Å². The fraction of sp³-hybridized carbons (Fsp3) is 0.0909. The van der Waals surface area contributed by atoms with Crippen molar-refractivity contribution in [2.75, 3.05) is 0 Å². The van der Waals surface area contributed by atoms with E-state index < -0.39 is 0 Å². The van der Waals surface area contributed by atoms with Crippen LogP contribution in [0.15, 0.2) is 50.0 Å². The molecule has 0 saturated carbocycles. The van der Waals surface area contributed by atoms with E-state index in [1.807, 2.05) is 19.1 Å². The van der Waals surface area contributed by atoms with Crippen LogP contribution in [0.25, 0.3) is 0 Å². The zero-order chi connectivity index (χ0) is 12.3. The molecule has 2 rings (SSSR count). The van der Waals surface area contributed by atoms with Gasteiger partial charge in [0.05, 0.1) is 11.2 Å². The number of amidine groups is 1. The van der Waals surface area contributed by atoms with E-state index in [1.54, 1.807) is 18.4 Å². The summed E-state index contributed by atoms with van der Waals surface area (Å²) >= 11 is 1.47. The van der Waals surface area contributed by atoms with Crippen LogP contribution in [0.4, 0.5) is 0 Å². The van der Waals surface area contributed by atoms with Crippen LogP contribution >= 0.6 is 11.8 Å². The van der Waals surface area contributed by atoms with Crippen LogP contribution in [0, 0.1) is 6.92 Å². The highest BCUT2D eigenvalue weighted by Crippen LogP contribution is 2.29. The van der Waals surface area contributed by atoms with Crippen molar-refractivity contribution in [3.05, 3.63) is 42.0 Å². The Labute approximate surface area is 102 Å². The average Bonchev–Trinajstić information content (AvgIpc) is 2.74. The van der Waals surface area contributed by atoms with Gasteiger partial charge in [0.15, 0.2) is 5.84 Å². The SMILES string of the molecule is Cc1occc1Sc1cccc(/C(N)=N/O)n1. The lowest BCUT2D eigenvalue weighted by atomic mass is 10.3. The fourth-order valence-corrected chi connectivity index (χ4v) is 2.09. The Bertz CT molecular complexity index is 551. The molecule has 0 spiro atoms. The summed E-state index contributed by atoms with van der Waals surface area (Å²) in [6.45, 7) is 1.88. The van der Waals surface area contributed by atoms with Gasteiger partial charge in [0, 0.05) is 0 Å². The molecule has 3 N–H and O–H groups in total. The number of rotatable bonds is 3. The number of aromatic nitrogens is 1. The highest BCUT2D eigenvalue weighted by atomic mass is 32.2. The number of pyridine rings is 1. The largest absolute Gasteiger partial charge is 0.468 e. The molecule has 0 saturated heterocycles. The van der Waals surface area contributed by atoms with Gasteiger partial charge in [0.1, 0.15) is 16.5 Å². The van der Waals surface area contributed by atoms with Gasteiger partial charge in [-0.1, -0.05) is 23.0 Å². The second-order valence-electron chi connectivity index (χ2n) is 3.29. The molecule has 0 unspecified atom stereocenters. The van der Waals surface area contributed by atoms with E-state index in [1.165, 1.54) is 11.8 Å². The minimum absolute atomic E-state index is 0.00337. The van der Waals surface area contributed by atoms with Crippen molar-refractivity contribution < 1.29 is 9.62 Å². The molecule has 88 valence electrons. The van der Waals surface area contributed by atoms with Crippen molar-refractivity contribution in [2.24, 2.45) is 10.9 Å². The van der Waals surface area contributed by atoms with Crippen molar-refractivity contribution in [1.29, 1.82) is 0 Å². The first kappa shape index (κ1) is 11.5. The Hall–Kier alpha value is -1.95. The molecule has 17 heavy (non-hydrogen) atoms. The van der Waals surface area contributed by atoms with Gasteiger partial charge in [-0.2, -0.15) is 0 Å². The number of oxime groups is 1. The van der Waals surface area contributed by atoms with Gasteiger partial charge >= 0.3 is 0 Å². The number of aryl methyl sites for hydroxylation is 1. The first-order valence-corrected chi connectivity index (χ1v) is 5.69. The van der Waals surface area contributed by atoms with Crippen molar-refractivity contribution in [3.63, 3.8) is 0 Å². The summed E-state index contributed by atoms with van der Waals surface area (Å²) in [7, 11) is 0. The molecule has 6 heteroatoms. The number of furan rings is 1. The molecule has 0 radical (unpaired) electrons. The number of hydrogen-bond acceptors (Lipinski definition) is 5. The summed E-state index contributed by atoms with van der Waals surface area (Å²) in [6, 6.07) is 7.21. The molecule has 0 aliphatic rings. The van der Waals surface area contributed by atoms with Crippen molar-refractivity contribution in [3.8, 4) is 0 Å². The zero-order valence-corrected chi connectivity index (χ0v) is 9.94. The van der Waals surface area contributed by atoms with Crippen LogP contribution in [0.3, 0.4) is 0 Å². The van der Waals surface area contributed by atoms with Gasteiger partial charge in [-0.05, 0) is 25.1 Å². The molecular formula is C11H11N3O2S. The molecule has 0 aliphatic heterocycles. The number of nitrogens with two attached hydrogens (primary N) is 1. The molecule has 2 aromatic rings. The lowest BCUT2D eigenvalue weighted by molar-refractivity contribution is 0.318. The van der Waals surface area contributed by atoms with Crippen molar-refractivity contribution in [2.45, 2.75) is 16.8 Å². The smallest absolute Gasteiger partial charge is 0.188 e. The summed E-state index contributed by atoms with van der Waals surface area (Å²) in [5, 5.41) is 12.3. The zero-order valence-electron chi connectivity index (χ0n) is 9.12. The van der Waals surface area contributed by atoms with E-state index in [9.17, 15) is 0 Å². The molecule has 0 aromatic carbocycles. The van der Waals surface area contributed by atoms with E-state index in [4.69, 9.17) is 15.4 Å². The van der Waals surface area contributed by atoms with Crippen LogP contribution in [-0.2, 0) is 0 Å². The molecule has 2 heterocycles. The minimum Gasteiger partial charge on any atom is -0.468 e. The molecule has 0 atom stereocenters. The third-order valence-electron chi connectivity index (χ3n) is 2.12. The van der Waals surface area contributed by atoms with Gasteiger partial charge in [0.2, 0.25) is 0 Å². The van der Waals surface area contributed by atoms with Gasteiger partial charge in [-0.3, -0.25) is 0 Å². The summed E-state index contributed by atoms with van der Waals surface area (Å²) in [4.78, 5) is 5.26. The first-order chi connectivity index (χ1) is 8.20. The maximum atomic E-state index is 8.58. The summed E-state index contributed by atoms with van der Waals surface area (Å²) < 4.78 is 5.20. The summed E-state index contributed by atoms with van der Waals surface area (Å²) in [6.07, 6.45) is 1.63. The first-order valence-electron chi connectivity index (χ1n) is 4.87. The van der Waals surface area contributed by atoms with Crippen LogP contribution < -0.4 is 5.73 Å². The molecule has 0 fully saturated rings. The molecule has 0 bridgehead atoms. The number of nitrogens with zero attached hydrogens (tertiary/aromatic N) is 2. The summed E-state index contributed by atoms with van der Waals surface area (Å²) in [5.41, 5.74) is 5.92. The molecule has 5 nitrogen and oxygen atoms in total. The Kier molecular flexibility index (Phi) is 3.34. The van der Waals surface area contributed by atoms with Crippen LogP contribution in [-0.4, -0.2) is 16.0 Å². The highest BCUT2D eigenvalue weighted by Gasteiger charge is 2.07. The van der Waals surface area contributed by atoms with E-state index in [0.29, 0.717) is 5.69 Å².